The molecule has 0 rings (SSSR count). The van der Waals surface area contributed by atoms with Crippen molar-refractivity contribution in [2.24, 2.45) is 11.8 Å². The van der Waals surface area contributed by atoms with Crippen LogP contribution in [0.2, 0.25) is 0 Å². The van der Waals surface area contributed by atoms with Crippen molar-refractivity contribution in [3.63, 3.8) is 0 Å². The van der Waals surface area contributed by atoms with Gasteiger partial charge in [0.25, 0.3) is 0 Å². The molecule has 0 fully saturated rings. The van der Waals surface area contributed by atoms with Crippen LogP contribution in [0.3, 0.4) is 0 Å². The number of hydrogen-bond donors (Lipinski definition) is 3. The molecule has 0 aromatic carbocycles. The predicted octanol–water partition coefficient (Wildman–Crippen LogP) is 21.9. The van der Waals surface area contributed by atoms with Gasteiger partial charge in [-0.1, -0.05) is 337 Å². The van der Waals surface area contributed by atoms with E-state index in [1.165, 1.54) is 199 Å². The van der Waals surface area contributed by atoms with Crippen LogP contribution in [-0.4, -0.2) is 96.7 Å². The van der Waals surface area contributed by atoms with Crippen LogP contribution in [-0.2, 0) is 65.4 Å². The Morgan fingerprint density at radius 3 is 0.809 bits per heavy atom. The molecule has 0 aromatic heterocycles. The Balaban J connectivity index is 5.15. The number of unbranched alkanes of at least 4 members (excludes halogenated alkanes) is 43. The lowest BCUT2D eigenvalue weighted by atomic mass is 9.99. The van der Waals surface area contributed by atoms with Crippen molar-refractivity contribution in [3.8, 4) is 0 Å². The normalized spacial score (nSPS) is 14.3. The van der Waals surface area contributed by atoms with E-state index in [-0.39, 0.29) is 25.7 Å². The van der Waals surface area contributed by atoms with Crippen molar-refractivity contribution in [1.82, 2.24) is 0 Å². The minimum absolute atomic E-state index is 0.107. The summed E-state index contributed by atoms with van der Waals surface area (Å²) in [6.07, 6.45) is 54.2. The molecule has 0 saturated heterocycles. The van der Waals surface area contributed by atoms with Crippen molar-refractivity contribution in [3.05, 3.63) is 0 Å². The van der Waals surface area contributed by atoms with Crippen LogP contribution in [0.25, 0.3) is 0 Å². The highest BCUT2D eigenvalue weighted by Gasteiger charge is 2.30. The summed E-state index contributed by atoms with van der Waals surface area (Å²) in [6.45, 7) is 9.61. The summed E-state index contributed by atoms with van der Waals surface area (Å²) >= 11 is 0. The smallest absolute Gasteiger partial charge is 0.462 e. The number of aliphatic hydroxyl groups is 1. The standard InChI is InChI=1S/C75H146O17P2/c1-7-10-12-14-16-18-19-29-34-41-47-53-59-74(79)91-70(63-85-72(77)57-51-45-39-17-15-13-11-8-2)65-89-93(81,82)87-61-69(76)62-88-94(83,84)90-66-71(64-86-73(78)58-52-46-40-36-31-32-37-43-49-55-67(4)5)92-75(80)60-54-48-42-35-30-27-25-23-21-20-22-24-26-28-33-38-44-50-56-68(6)9-3/h67-71,76H,7-66H2,1-6H3,(H,81,82)(H,83,84)/t68?,69-,70+,71+/m0/s1. The molecule has 0 amide bonds. The molecule has 558 valence electrons. The third kappa shape index (κ3) is 67.3. The summed E-state index contributed by atoms with van der Waals surface area (Å²) in [5, 5.41) is 10.6. The van der Waals surface area contributed by atoms with Crippen LogP contribution in [0.1, 0.15) is 388 Å². The Hall–Kier alpha value is -1.94. The van der Waals surface area contributed by atoms with Gasteiger partial charge < -0.3 is 33.8 Å². The summed E-state index contributed by atoms with van der Waals surface area (Å²) in [6, 6.07) is 0. The van der Waals surface area contributed by atoms with Gasteiger partial charge in [-0.25, -0.2) is 9.13 Å². The number of aliphatic hydroxyl groups excluding tert-OH is 1. The van der Waals surface area contributed by atoms with E-state index >= 15 is 0 Å². The predicted molar refractivity (Wildman–Crippen MR) is 381 cm³/mol. The average molecular weight is 1380 g/mol. The fourth-order valence-electron chi connectivity index (χ4n) is 11.4. The van der Waals surface area contributed by atoms with Gasteiger partial charge in [0, 0.05) is 25.7 Å². The van der Waals surface area contributed by atoms with Crippen LogP contribution >= 0.6 is 15.6 Å². The molecule has 0 aliphatic heterocycles. The molecule has 17 nitrogen and oxygen atoms in total. The van der Waals surface area contributed by atoms with Crippen LogP contribution in [0.4, 0.5) is 0 Å². The average Bonchev–Trinajstić information content (AvgIpc) is 1.30. The van der Waals surface area contributed by atoms with Gasteiger partial charge in [0.15, 0.2) is 12.2 Å². The fraction of sp³-hybridized carbons (Fsp3) is 0.947. The molecule has 0 bridgehead atoms. The summed E-state index contributed by atoms with van der Waals surface area (Å²) in [5.74, 6) is -0.505. The molecule has 0 saturated carbocycles. The van der Waals surface area contributed by atoms with E-state index in [4.69, 9.17) is 37.0 Å². The lowest BCUT2D eigenvalue weighted by molar-refractivity contribution is -0.161. The zero-order valence-electron chi connectivity index (χ0n) is 61.3. The van der Waals surface area contributed by atoms with Crippen molar-refractivity contribution in [1.29, 1.82) is 0 Å². The summed E-state index contributed by atoms with van der Waals surface area (Å²) in [5.41, 5.74) is 0. The van der Waals surface area contributed by atoms with Gasteiger partial charge in [-0.15, -0.1) is 0 Å². The molecule has 3 unspecified atom stereocenters. The first-order valence-electron chi connectivity index (χ1n) is 39.0. The van der Waals surface area contributed by atoms with Crippen LogP contribution in [0.5, 0.6) is 0 Å². The van der Waals surface area contributed by atoms with Gasteiger partial charge in [-0.2, -0.15) is 0 Å². The number of esters is 4. The molecule has 0 aliphatic rings. The van der Waals surface area contributed by atoms with Gasteiger partial charge >= 0.3 is 39.5 Å². The van der Waals surface area contributed by atoms with Crippen molar-refractivity contribution in [2.45, 2.75) is 407 Å². The minimum atomic E-state index is -4.95. The van der Waals surface area contributed by atoms with Crippen LogP contribution < -0.4 is 0 Å². The summed E-state index contributed by atoms with van der Waals surface area (Å²) < 4.78 is 68.4. The Bertz CT molecular complexity index is 1820. The highest BCUT2D eigenvalue weighted by Crippen LogP contribution is 2.45. The first kappa shape index (κ1) is 92.1. The van der Waals surface area contributed by atoms with Gasteiger partial charge in [-0.3, -0.25) is 37.3 Å². The quantitative estimate of drug-likeness (QED) is 0.0222. The lowest BCUT2D eigenvalue weighted by Gasteiger charge is -2.21. The number of hydrogen-bond acceptors (Lipinski definition) is 15. The van der Waals surface area contributed by atoms with E-state index in [0.717, 1.165) is 108 Å². The topological polar surface area (TPSA) is 237 Å². The minimum Gasteiger partial charge on any atom is -0.462 e. The van der Waals surface area contributed by atoms with Crippen LogP contribution in [0.15, 0.2) is 0 Å². The maximum Gasteiger partial charge on any atom is 0.472 e. The van der Waals surface area contributed by atoms with Gasteiger partial charge in [0.1, 0.15) is 19.3 Å². The van der Waals surface area contributed by atoms with Gasteiger partial charge in [0.05, 0.1) is 26.4 Å². The first-order chi connectivity index (χ1) is 45.4. The number of phosphoric ester groups is 2. The largest absolute Gasteiger partial charge is 0.472 e. The van der Waals surface area contributed by atoms with Gasteiger partial charge in [0.2, 0.25) is 0 Å². The Labute approximate surface area is 575 Å². The number of phosphoric acid groups is 2. The second kappa shape index (κ2) is 66.9. The molecule has 94 heavy (non-hydrogen) atoms. The number of carbonyl (C=O) groups excluding carboxylic acids is 4. The molecular formula is C75H146O17P2. The number of rotatable bonds is 74. The molecular weight excluding hydrogens is 1230 g/mol. The number of carbonyl (C=O) groups is 4. The van der Waals surface area contributed by atoms with E-state index in [9.17, 15) is 43.2 Å². The second-order valence-electron chi connectivity index (χ2n) is 27.8. The number of ether oxygens (including phenoxy) is 4. The zero-order valence-corrected chi connectivity index (χ0v) is 63.1. The summed E-state index contributed by atoms with van der Waals surface area (Å²) in [4.78, 5) is 72.6. The third-order valence-electron chi connectivity index (χ3n) is 17.8. The maximum absolute atomic E-state index is 13.1. The SMILES string of the molecule is CCCCCCCCCCCCCCC(=O)O[C@H](COC(=O)CCCCCCCCCC)COP(=O)(O)OC[C@H](O)COP(=O)(O)OC[C@@H](COC(=O)CCCCCCCCCCCC(C)C)OC(=O)CCCCCCCCCCCCCCCCCCCCC(C)CC. The molecule has 0 radical (unpaired) electrons. The Morgan fingerprint density at radius 2 is 0.543 bits per heavy atom. The summed E-state index contributed by atoms with van der Waals surface area (Å²) in [7, 11) is -9.90. The highest BCUT2D eigenvalue weighted by molar-refractivity contribution is 7.47. The van der Waals surface area contributed by atoms with E-state index in [1.54, 1.807) is 0 Å². The van der Waals surface area contributed by atoms with E-state index in [2.05, 4.69) is 41.5 Å². The molecule has 0 aliphatic carbocycles. The second-order valence-corrected chi connectivity index (χ2v) is 30.7. The van der Waals surface area contributed by atoms with Crippen LogP contribution in [0, 0.1) is 11.8 Å². The lowest BCUT2D eigenvalue weighted by Crippen LogP contribution is -2.30. The molecule has 6 atom stereocenters. The fourth-order valence-corrected chi connectivity index (χ4v) is 13.0. The first-order valence-corrected chi connectivity index (χ1v) is 42.0. The molecule has 19 heteroatoms. The van der Waals surface area contributed by atoms with E-state index in [0.29, 0.717) is 25.7 Å². The monoisotopic (exact) mass is 1380 g/mol. The third-order valence-corrected chi connectivity index (χ3v) is 19.7. The molecule has 0 aromatic rings. The molecule has 0 heterocycles. The Kier molecular flexibility index (Phi) is 65.5. The zero-order chi connectivity index (χ0) is 69.3. The van der Waals surface area contributed by atoms with Crippen molar-refractivity contribution < 1.29 is 80.2 Å². The van der Waals surface area contributed by atoms with Gasteiger partial charge in [-0.05, 0) is 37.5 Å². The van der Waals surface area contributed by atoms with Crippen molar-refractivity contribution >= 4 is 39.5 Å². The molecule has 3 N–H and O–H groups in total. The van der Waals surface area contributed by atoms with E-state index < -0.39 is 97.5 Å². The van der Waals surface area contributed by atoms with Crippen molar-refractivity contribution in [2.75, 3.05) is 39.6 Å². The highest BCUT2D eigenvalue weighted by atomic mass is 31.2. The van der Waals surface area contributed by atoms with E-state index in [1.807, 2.05) is 0 Å². The maximum atomic E-state index is 13.1. The molecule has 0 spiro atoms. The Morgan fingerprint density at radius 1 is 0.309 bits per heavy atom.